The van der Waals surface area contributed by atoms with Crippen LogP contribution < -0.4 is 4.74 Å². The Morgan fingerprint density at radius 2 is 2.11 bits per heavy atom. The first-order chi connectivity index (χ1) is 8.79. The topological polar surface area (TPSA) is 29.5 Å². The average molecular weight is 248 g/mol. The van der Waals surface area contributed by atoms with Crippen molar-refractivity contribution < 1.29 is 9.84 Å². The van der Waals surface area contributed by atoms with E-state index >= 15 is 0 Å². The van der Waals surface area contributed by atoms with Crippen molar-refractivity contribution in [3.63, 3.8) is 0 Å². The Morgan fingerprint density at radius 1 is 1.28 bits per heavy atom. The first kappa shape index (κ1) is 13.4. The molecule has 1 aliphatic rings. The Hall–Kier alpha value is -1.02. The summed E-state index contributed by atoms with van der Waals surface area (Å²) in [5.41, 5.74) is 1.25. The summed E-state index contributed by atoms with van der Waals surface area (Å²) in [6, 6.07) is 8.32. The van der Waals surface area contributed by atoms with E-state index in [4.69, 9.17) is 9.84 Å². The van der Waals surface area contributed by atoms with Gasteiger partial charge in [-0.3, -0.25) is 0 Å². The fourth-order valence-electron chi connectivity index (χ4n) is 2.69. The van der Waals surface area contributed by atoms with E-state index in [2.05, 4.69) is 25.1 Å². The molecule has 0 amide bonds. The first-order valence-corrected chi connectivity index (χ1v) is 7.16. The fourth-order valence-corrected chi connectivity index (χ4v) is 2.69. The molecule has 1 aromatic carbocycles. The van der Waals surface area contributed by atoms with Gasteiger partial charge in [0.1, 0.15) is 11.9 Å². The number of aliphatic hydroxyl groups excluding tert-OH is 1. The molecule has 2 heteroatoms. The number of aliphatic hydroxyl groups is 1. The van der Waals surface area contributed by atoms with Crippen LogP contribution in [0.2, 0.25) is 0 Å². The second-order valence-corrected chi connectivity index (χ2v) is 5.39. The molecule has 100 valence electrons. The molecule has 0 heterocycles. The number of benzene rings is 1. The van der Waals surface area contributed by atoms with E-state index in [1.807, 2.05) is 6.07 Å². The highest BCUT2D eigenvalue weighted by molar-refractivity contribution is 5.28. The molecule has 0 aromatic heterocycles. The number of hydrogen-bond donors (Lipinski definition) is 1. The van der Waals surface area contributed by atoms with Crippen LogP contribution in [0.4, 0.5) is 0 Å². The molecule has 0 spiro atoms. The molecule has 1 fully saturated rings. The van der Waals surface area contributed by atoms with Crippen LogP contribution in [0.25, 0.3) is 0 Å². The van der Waals surface area contributed by atoms with Crippen LogP contribution in [-0.2, 0) is 6.42 Å². The summed E-state index contributed by atoms with van der Waals surface area (Å²) < 4.78 is 6.13. The minimum Gasteiger partial charge on any atom is -0.490 e. The molecule has 0 bridgehead atoms. The molecular formula is C16H24O2. The average Bonchev–Trinajstić information content (AvgIpc) is 2.40. The second kappa shape index (κ2) is 6.79. The molecule has 2 nitrogen and oxygen atoms in total. The number of rotatable bonds is 5. The van der Waals surface area contributed by atoms with Gasteiger partial charge in [0.15, 0.2) is 0 Å². The standard InChI is InChI=1S/C16H24O2/c1-13-6-2-3-10-16(13)18-15-9-4-7-14(12-15)8-5-11-17/h4,7,9,12-13,16-17H,2-3,5-6,8,10-11H2,1H3/t13-,16-/m0/s1. The molecule has 1 aliphatic carbocycles. The predicted molar refractivity (Wildman–Crippen MR) is 73.9 cm³/mol. The molecule has 1 saturated carbocycles. The smallest absolute Gasteiger partial charge is 0.120 e. The van der Waals surface area contributed by atoms with Gasteiger partial charge >= 0.3 is 0 Å². The van der Waals surface area contributed by atoms with Gasteiger partial charge in [-0.25, -0.2) is 0 Å². The van der Waals surface area contributed by atoms with Crippen molar-refractivity contribution >= 4 is 0 Å². The van der Waals surface area contributed by atoms with Crippen LogP contribution in [0.15, 0.2) is 24.3 Å². The molecule has 1 N–H and O–H groups in total. The molecule has 18 heavy (non-hydrogen) atoms. The van der Waals surface area contributed by atoms with E-state index < -0.39 is 0 Å². The van der Waals surface area contributed by atoms with Gasteiger partial charge in [0, 0.05) is 6.61 Å². The highest BCUT2D eigenvalue weighted by Crippen LogP contribution is 2.28. The molecule has 0 radical (unpaired) electrons. The predicted octanol–water partition coefficient (Wildman–Crippen LogP) is 3.57. The minimum absolute atomic E-state index is 0.255. The summed E-state index contributed by atoms with van der Waals surface area (Å²) in [7, 11) is 0. The molecule has 0 unspecified atom stereocenters. The normalized spacial score (nSPS) is 23.9. The summed E-state index contributed by atoms with van der Waals surface area (Å²) >= 11 is 0. The summed E-state index contributed by atoms with van der Waals surface area (Å²) in [6.07, 6.45) is 7.23. The first-order valence-electron chi connectivity index (χ1n) is 7.16. The Labute approximate surface area is 110 Å². The van der Waals surface area contributed by atoms with Crippen molar-refractivity contribution in [2.75, 3.05) is 6.61 Å². The third-order valence-corrected chi connectivity index (χ3v) is 3.84. The van der Waals surface area contributed by atoms with Crippen LogP contribution >= 0.6 is 0 Å². The van der Waals surface area contributed by atoms with Crippen LogP contribution in [0.1, 0.15) is 44.6 Å². The monoisotopic (exact) mass is 248 g/mol. The van der Waals surface area contributed by atoms with Gasteiger partial charge in [-0.1, -0.05) is 25.5 Å². The van der Waals surface area contributed by atoms with E-state index in [1.165, 1.54) is 31.2 Å². The van der Waals surface area contributed by atoms with Crippen LogP contribution in [0, 0.1) is 5.92 Å². The van der Waals surface area contributed by atoms with Gasteiger partial charge in [0.25, 0.3) is 0 Å². The Balaban J connectivity index is 1.95. The Bertz CT molecular complexity index is 362. The zero-order valence-corrected chi connectivity index (χ0v) is 11.3. The molecular weight excluding hydrogens is 224 g/mol. The van der Waals surface area contributed by atoms with Crippen LogP contribution in [0.3, 0.4) is 0 Å². The van der Waals surface area contributed by atoms with Gasteiger partial charge in [-0.15, -0.1) is 0 Å². The molecule has 2 rings (SSSR count). The lowest BCUT2D eigenvalue weighted by molar-refractivity contribution is 0.102. The summed E-state index contributed by atoms with van der Waals surface area (Å²) in [5.74, 6) is 1.66. The van der Waals surface area contributed by atoms with Crippen molar-refractivity contribution in [2.45, 2.75) is 51.6 Å². The fraction of sp³-hybridized carbons (Fsp3) is 0.625. The number of ether oxygens (including phenoxy) is 1. The van der Waals surface area contributed by atoms with Gasteiger partial charge in [-0.2, -0.15) is 0 Å². The summed E-state index contributed by atoms with van der Waals surface area (Å²) in [4.78, 5) is 0. The largest absolute Gasteiger partial charge is 0.490 e. The maximum atomic E-state index is 8.86. The van der Waals surface area contributed by atoms with Gasteiger partial charge in [0.05, 0.1) is 0 Å². The van der Waals surface area contributed by atoms with E-state index in [-0.39, 0.29) is 6.61 Å². The van der Waals surface area contributed by atoms with Crippen LogP contribution in [0.5, 0.6) is 5.75 Å². The number of hydrogen-bond acceptors (Lipinski definition) is 2. The SMILES string of the molecule is C[C@H]1CCCC[C@@H]1Oc1cccc(CCCO)c1. The third kappa shape index (κ3) is 3.74. The van der Waals surface area contributed by atoms with Crippen molar-refractivity contribution in [1.82, 2.24) is 0 Å². The summed E-state index contributed by atoms with van der Waals surface area (Å²) in [5, 5.41) is 8.86. The molecule has 1 aromatic rings. The lowest BCUT2D eigenvalue weighted by atomic mass is 9.88. The van der Waals surface area contributed by atoms with Crippen LogP contribution in [-0.4, -0.2) is 17.8 Å². The van der Waals surface area contributed by atoms with Gasteiger partial charge in [-0.05, 0) is 55.7 Å². The van der Waals surface area contributed by atoms with Gasteiger partial charge < -0.3 is 9.84 Å². The highest BCUT2D eigenvalue weighted by atomic mass is 16.5. The second-order valence-electron chi connectivity index (χ2n) is 5.39. The van der Waals surface area contributed by atoms with Gasteiger partial charge in [0.2, 0.25) is 0 Å². The maximum Gasteiger partial charge on any atom is 0.120 e. The van der Waals surface area contributed by atoms with Crippen molar-refractivity contribution in [1.29, 1.82) is 0 Å². The zero-order chi connectivity index (χ0) is 12.8. The van der Waals surface area contributed by atoms with E-state index in [9.17, 15) is 0 Å². The lowest BCUT2D eigenvalue weighted by Gasteiger charge is -2.29. The Kier molecular flexibility index (Phi) is 5.06. The molecule has 0 saturated heterocycles. The highest BCUT2D eigenvalue weighted by Gasteiger charge is 2.22. The quantitative estimate of drug-likeness (QED) is 0.863. The summed E-state index contributed by atoms with van der Waals surface area (Å²) in [6.45, 7) is 2.55. The van der Waals surface area contributed by atoms with E-state index in [1.54, 1.807) is 0 Å². The van der Waals surface area contributed by atoms with Crippen molar-refractivity contribution in [2.24, 2.45) is 5.92 Å². The van der Waals surface area contributed by atoms with E-state index in [0.717, 1.165) is 18.6 Å². The van der Waals surface area contributed by atoms with Crippen molar-refractivity contribution in [3.05, 3.63) is 29.8 Å². The lowest BCUT2D eigenvalue weighted by Crippen LogP contribution is -2.28. The minimum atomic E-state index is 0.255. The Morgan fingerprint density at radius 3 is 2.89 bits per heavy atom. The third-order valence-electron chi connectivity index (χ3n) is 3.84. The number of aryl methyl sites for hydroxylation is 1. The zero-order valence-electron chi connectivity index (χ0n) is 11.3. The van der Waals surface area contributed by atoms with E-state index in [0.29, 0.717) is 12.0 Å². The molecule has 0 aliphatic heterocycles. The van der Waals surface area contributed by atoms with Crippen molar-refractivity contribution in [3.8, 4) is 5.75 Å². The maximum absolute atomic E-state index is 8.86. The molecule has 2 atom stereocenters.